The van der Waals surface area contributed by atoms with Gasteiger partial charge >= 0.3 is 0 Å². The number of rotatable bonds is 3. The van der Waals surface area contributed by atoms with Gasteiger partial charge in [-0.15, -0.1) is 0 Å². The van der Waals surface area contributed by atoms with Gasteiger partial charge in [0, 0.05) is 6.04 Å². The van der Waals surface area contributed by atoms with Crippen molar-refractivity contribution in [2.24, 2.45) is 29.4 Å². The van der Waals surface area contributed by atoms with Crippen LogP contribution in [0.1, 0.15) is 34.1 Å². The molecule has 1 aliphatic rings. The van der Waals surface area contributed by atoms with Gasteiger partial charge in [-0.1, -0.05) is 32.9 Å². The maximum absolute atomic E-state index is 5.93. The van der Waals surface area contributed by atoms with Crippen LogP contribution < -0.4 is 5.73 Å². The highest BCUT2D eigenvalue weighted by Crippen LogP contribution is 2.35. The summed E-state index contributed by atoms with van der Waals surface area (Å²) in [4.78, 5) is 0. The minimum Gasteiger partial charge on any atom is -0.328 e. The fraction of sp³-hybridized carbons (Fsp3) is 0.833. The Morgan fingerprint density at radius 2 is 1.92 bits per heavy atom. The van der Waals surface area contributed by atoms with Crippen molar-refractivity contribution in [2.45, 2.75) is 40.2 Å². The lowest BCUT2D eigenvalue weighted by Crippen LogP contribution is -2.33. The Kier molecular flexibility index (Phi) is 3.55. The summed E-state index contributed by atoms with van der Waals surface area (Å²) in [5, 5.41) is 0. The first-order valence-electron chi connectivity index (χ1n) is 5.46. The summed E-state index contributed by atoms with van der Waals surface area (Å²) in [5.74, 6) is 2.94. The Morgan fingerprint density at radius 3 is 2.31 bits per heavy atom. The lowest BCUT2D eigenvalue weighted by Gasteiger charge is -2.31. The molecule has 1 aliphatic carbocycles. The summed E-state index contributed by atoms with van der Waals surface area (Å²) in [6.07, 6.45) is 5.91. The van der Waals surface area contributed by atoms with E-state index >= 15 is 0 Å². The lowest BCUT2D eigenvalue weighted by atomic mass is 9.76. The number of allylic oxidation sites excluding steroid dienone is 2. The molecule has 0 amide bonds. The molecule has 0 heterocycles. The number of hydrogen-bond acceptors (Lipinski definition) is 1. The molecule has 0 fully saturated rings. The molecule has 0 aromatic heterocycles. The van der Waals surface area contributed by atoms with Crippen molar-refractivity contribution in [3.63, 3.8) is 0 Å². The van der Waals surface area contributed by atoms with E-state index in [9.17, 15) is 0 Å². The molecule has 1 nitrogen and oxygen atoms in total. The molecule has 0 radical (unpaired) electrons. The topological polar surface area (TPSA) is 26.0 Å². The predicted molar refractivity (Wildman–Crippen MR) is 58.4 cm³/mol. The molecule has 0 spiro atoms. The molecule has 5 atom stereocenters. The summed E-state index contributed by atoms with van der Waals surface area (Å²) in [5.41, 5.74) is 5.93. The summed E-state index contributed by atoms with van der Waals surface area (Å²) >= 11 is 0. The molecule has 1 heteroatoms. The van der Waals surface area contributed by atoms with E-state index < -0.39 is 0 Å². The Labute approximate surface area is 82.4 Å². The van der Waals surface area contributed by atoms with Crippen LogP contribution in [0, 0.1) is 23.7 Å². The average Bonchev–Trinajstić information content (AvgIpc) is 2.48. The van der Waals surface area contributed by atoms with Crippen LogP contribution in [0.2, 0.25) is 0 Å². The largest absolute Gasteiger partial charge is 0.328 e. The Bertz CT molecular complexity index is 184. The Morgan fingerprint density at radius 1 is 1.31 bits per heavy atom. The van der Waals surface area contributed by atoms with E-state index in [1.54, 1.807) is 0 Å². The molecule has 2 N–H and O–H groups in total. The standard InChI is InChI=1S/C12H23N/c1-8-6-5-7-12(8)10(3)9(2)11(4)13/h5-6,8-12H,7,13H2,1-4H3. The molecule has 0 saturated heterocycles. The molecule has 13 heavy (non-hydrogen) atoms. The van der Waals surface area contributed by atoms with Crippen molar-refractivity contribution >= 4 is 0 Å². The van der Waals surface area contributed by atoms with E-state index in [1.165, 1.54) is 6.42 Å². The van der Waals surface area contributed by atoms with Gasteiger partial charge in [0.15, 0.2) is 0 Å². The zero-order chi connectivity index (χ0) is 10.0. The predicted octanol–water partition coefficient (Wildman–Crippen LogP) is 2.82. The lowest BCUT2D eigenvalue weighted by molar-refractivity contribution is 0.211. The fourth-order valence-corrected chi connectivity index (χ4v) is 2.37. The molecule has 0 aliphatic heterocycles. The van der Waals surface area contributed by atoms with Crippen molar-refractivity contribution in [1.82, 2.24) is 0 Å². The molecular formula is C12H23N. The molecule has 0 bridgehead atoms. The van der Waals surface area contributed by atoms with E-state index in [0.29, 0.717) is 12.0 Å². The van der Waals surface area contributed by atoms with Gasteiger partial charge < -0.3 is 5.73 Å². The van der Waals surface area contributed by atoms with Crippen molar-refractivity contribution in [3.8, 4) is 0 Å². The molecule has 1 rings (SSSR count). The van der Waals surface area contributed by atoms with Gasteiger partial charge in [-0.25, -0.2) is 0 Å². The Balaban J connectivity index is 2.52. The van der Waals surface area contributed by atoms with Gasteiger partial charge in [0.05, 0.1) is 0 Å². The highest BCUT2D eigenvalue weighted by Gasteiger charge is 2.29. The first-order chi connectivity index (χ1) is 6.04. The second kappa shape index (κ2) is 4.28. The molecular weight excluding hydrogens is 158 g/mol. The highest BCUT2D eigenvalue weighted by molar-refractivity contribution is 5.01. The second-order valence-electron chi connectivity index (χ2n) is 4.76. The summed E-state index contributed by atoms with van der Waals surface area (Å²) in [6.45, 7) is 9.06. The van der Waals surface area contributed by atoms with Gasteiger partial charge in [0.2, 0.25) is 0 Å². The SMILES string of the molecule is CC(N)C(C)C(C)C1CC=CC1C. The summed E-state index contributed by atoms with van der Waals surface area (Å²) < 4.78 is 0. The molecule has 0 aromatic rings. The van der Waals surface area contributed by atoms with Crippen molar-refractivity contribution < 1.29 is 0 Å². The normalized spacial score (nSPS) is 34.5. The van der Waals surface area contributed by atoms with E-state index in [4.69, 9.17) is 5.73 Å². The van der Waals surface area contributed by atoms with Crippen molar-refractivity contribution in [3.05, 3.63) is 12.2 Å². The van der Waals surface area contributed by atoms with Crippen LogP contribution in [-0.2, 0) is 0 Å². The minimum atomic E-state index is 0.322. The van der Waals surface area contributed by atoms with E-state index in [1.807, 2.05) is 0 Å². The van der Waals surface area contributed by atoms with Crippen LogP contribution in [0.5, 0.6) is 0 Å². The average molecular weight is 181 g/mol. The van der Waals surface area contributed by atoms with Crippen LogP contribution in [0.4, 0.5) is 0 Å². The summed E-state index contributed by atoms with van der Waals surface area (Å²) in [6, 6.07) is 0.322. The van der Waals surface area contributed by atoms with Gasteiger partial charge in [0.25, 0.3) is 0 Å². The number of nitrogens with two attached hydrogens (primary N) is 1. The highest BCUT2D eigenvalue weighted by atomic mass is 14.6. The monoisotopic (exact) mass is 181 g/mol. The third kappa shape index (κ3) is 2.34. The quantitative estimate of drug-likeness (QED) is 0.666. The maximum Gasteiger partial charge on any atom is 0.00387 e. The van der Waals surface area contributed by atoms with Crippen molar-refractivity contribution in [1.29, 1.82) is 0 Å². The van der Waals surface area contributed by atoms with Gasteiger partial charge in [0.1, 0.15) is 0 Å². The van der Waals surface area contributed by atoms with E-state index in [-0.39, 0.29) is 0 Å². The first kappa shape index (κ1) is 10.8. The van der Waals surface area contributed by atoms with Crippen molar-refractivity contribution in [2.75, 3.05) is 0 Å². The maximum atomic E-state index is 5.93. The van der Waals surface area contributed by atoms with E-state index in [2.05, 4.69) is 39.8 Å². The van der Waals surface area contributed by atoms with Crippen LogP contribution in [0.15, 0.2) is 12.2 Å². The number of hydrogen-bond donors (Lipinski definition) is 1. The van der Waals surface area contributed by atoms with Crippen LogP contribution in [-0.4, -0.2) is 6.04 Å². The van der Waals surface area contributed by atoms with Crippen LogP contribution in [0.25, 0.3) is 0 Å². The van der Waals surface area contributed by atoms with Crippen LogP contribution >= 0.6 is 0 Å². The third-order valence-electron chi connectivity index (χ3n) is 3.86. The smallest absolute Gasteiger partial charge is 0.00387 e. The first-order valence-corrected chi connectivity index (χ1v) is 5.46. The van der Waals surface area contributed by atoms with Gasteiger partial charge in [-0.3, -0.25) is 0 Å². The fourth-order valence-electron chi connectivity index (χ4n) is 2.37. The molecule has 5 unspecified atom stereocenters. The molecule has 76 valence electrons. The van der Waals surface area contributed by atoms with E-state index in [0.717, 1.165) is 17.8 Å². The Hall–Kier alpha value is -0.300. The van der Waals surface area contributed by atoms with Crippen LogP contribution in [0.3, 0.4) is 0 Å². The molecule has 0 aromatic carbocycles. The zero-order valence-electron chi connectivity index (χ0n) is 9.33. The van der Waals surface area contributed by atoms with Gasteiger partial charge in [-0.05, 0) is 37.0 Å². The summed E-state index contributed by atoms with van der Waals surface area (Å²) in [7, 11) is 0. The zero-order valence-corrected chi connectivity index (χ0v) is 9.33. The molecule has 0 saturated carbocycles. The third-order valence-corrected chi connectivity index (χ3v) is 3.86. The van der Waals surface area contributed by atoms with Gasteiger partial charge in [-0.2, -0.15) is 0 Å². The second-order valence-corrected chi connectivity index (χ2v) is 4.76. The minimum absolute atomic E-state index is 0.322.